The number of alkyl halides is 3. The average molecular weight is 303 g/mol. The number of carbonyl (C=O) groups is 1. The topological polar surface area (TPSA) is 101 Å². The van der Waals surface area contributed by atoms with E-state index in [4.69, 9.17) is 5.14 Å². The number of sulfonamides is 1. The Morgan fingerprint density at radius 3 is 2.47 bits per heavy atom. The van der Waals surface area contributed by atoms with Crippen molar-refractivity contribution in [1.29, 1.82) is 0 Å². The van der Waals surface area contributed by atoms with Gasteiger partial charge in [0, 0.05) is 13.1 Å². The van der Waals surface area contributed by atoms with Crippen LogP contribution in [0.3, 0.4) is 0 Å². The Hall–Kier alpha value is -0.870. The highest BCUT2D eigenvalue weighted by molar-refractivity contribution is 7.89. The maximum Gasteiger partial charge on any atom is 0.404 e. The molecule has 1 fully saturated rings. The van der Waals surface area contributed by atoms with E-state index in [9.17, 15) is 26.4 Å². The van der Waals surface area contributed by atoms with Gasteiger partial charge in [0.05, 0.1) is 5.75 Å². The zero-order chi connectivity index (χ0) is 14.7. The summed E-state index contributed by atoms with van der Waals surface area (Å²) in [6.45, 7) is -0.505. The Bertz CT molecular complexity index is 430. The minimum atomic E-state index is -4.64. The first-order chi connectivity index (χ1) is 8.58. The first-order valence-electron chi connectivity index (χ1n) is 5.65. The maximum absolute atomic E-state index is 12.9. The third-order valence-electron chi connectivity index (χ3n) is 3.02. The van der Waals surface area contributed by atoms with Gasteiger partial charge in [-0.3, -0.25) is 4.79 Å². The van der Waals surface area contributed by atoms with Crippen molar-refractivity contribution in [3.8, 4) is 0 Å². The number of nitrogens with two attached hydrogens (primary N) is 1. The summed E-state index contributed by atoms with van der Waals surface area (Å²) < 4.78 is 60.1. The molecule has 0 aromatic rings. The summed E-state index contributed by atoms with van der Waals surface area (Å²) >= 11 is 0. The van der Waals surface area contributed by atoms with Crippen LogP contribution in [0, 0.1) is 5.41 Å². The number of rotatable bonds is 5. The highest BCUT2D eigenvalue weighted by Crippen LogP contribution is 2.43. The molecule has 0 bridgehead atoms. The first kappa shape index (κ1) is 16.2. The Balaban J connectivity index is 2.56. The average Bonchev–Trinajstić information content (AvgIpc) is 2.72. The normalized spacial score (nSPS) is 24.4. The van der Waals surface area contributed by atoms with Gasteiger partial charge in [0.25, 0.3) is 0 Å². The molecule has 0 aliphatic carbocycles. The van der Waals surface area contributed by atoms with Gasteiger partial charge in [0.15, 0.2) is 5.41 Å². The Morgan fingerprint density at radius 1 is 1.42 bits per heavy atom. The van der Waals surface area contributed by atoms with Crippen LogP contribution in [-0.4, -0.2) is 45.9 Å². The molecule has 0 aromatic carbocycles. The molecular weight excluding hydrogens is 287 g/mol. The highest BCUT2D eigenvalue weighted by Gasteiger charge is 2.61. The Labute approximate surface area is 109 Å². The molecule has 1 heterocycles. The molecular formula is C9H16F3N3O3S. The molecule has 0 saturated carbocycles. The van der Waals surface area contributed by atoms with E-state index in [-0.39, 0.29) is 31.7 Å². The van der Waals surface area contributed by atoms with E-state index in [1.807, 2.05) is 0 Å². The van der Waals surface area contributed by atoms with Gasteiger partial charge in [-0.25, -0.2) is 13.6 Å². The molecule has 1 aliphatic heterocycles. The van der Waals surface area contributed by atoms with Gasteiger partial charge in [-0.1, -0.05) is 0 Å². The maximum atomic E-state index is 12.9. The van der Waals surface area contributed by atoms with Crippen molar-refractivity contribution >= 4 is 15.9 Å². The standard InChI is InChI=1S/C9H16F3N3O3S/c10-9(11,12)8(2-4-14-6-8)7(16)15-3-1-5-19(13,17)18/h14H,1-6H2,(H,15,16)(H2,13,17,18). The smallest absolute Gasteiger partial charge is 0.355 e. The molecule has 1 rings (SSSR count). The van der Waals surface area contributed by atoms with Crippen LogP contribution in [0.25, 0.3) is 0 Å². The van der Waals surface area contributed by atoms with Gasteiger partial charge in [-0.15, -0.1) is 0 Å². The quantitative estimate of drug-likeness (QED) is 0.586. The third kappa shape index (κ3) is 4.05. The molecule has 1 amide bonds. The molecule has 1 aliphatic rings. The van der Waals surface area contributed by atoms with E-state index in [0.717, 1.165) is 0 Å². The van der Waals surface area contributed by atoms with Crippen LogP contribution in [0.4, 0.5) is 13.2 Å². The van der Waals surface area contributed by atoms with Gasteiger partial charge >= 0.3 is 6.18 Å². The van der Waals surface area contributed by atoms with Crippen molar-refractivity contribution in [2.75, 3.05) is 25.4 Å². The Morgan fingerprint density at radius 2 is 2.05 bits per heavy atom. The molecule has 1 saturated heterocycles. The zero-order valence-corrected chi connectivity index (χ0v) is 10.9. The predicted octanol–water partition coefficient (Wildman–Crippen LogP) is -0.677. The van der Waals surface area contributed by atoms with Gasteiger partial charge < -0.3 is 10.6 Å². The summed E-state index contributed by atoms with van der Waals surface area (Å²) in [5.41, 5.74) is -2.42. The molecule has 1 atom stereocenters. The van der Waals surface area contributed by atoms with E-state index >= 15 is 0 Å². The lowest BCUT2D eigenvalue weighted by Gasteiger charge is -2.29. The van der Waals surface area contributed by atoms with Crippen LogP contribution in [0.1, 0.15) is 12.8 Å². The number of primary sulfonamides is 1. The van der Waals surface area contributed by atoms with Crippen LogP contribution >= 0.6 is 0 Å². The van der Waals surface area contributed by atoms with E-state index < -0.39 is 34.1 Å². The van der Waals surface area contributed by atoms with Crippen molar-refractivity contribution < 1.29 is 26.4 Å². The fourth-order valence-electron chi connectivity index (χ4n) is 1.90. The first-order valence-corrected chi connectivity index (χ1v) is 7.36. The van der Waals surface area contributed by atoms with Crippen LogP contribution < -0.4 is 15.8 Å². The lowest BCUT2D eigenvalue weighted by atomic mass is 9.85. The molecule has 112 valence electrons. The van der Waals surface area contributed by atoms with Crippen molar-refractivity contribution in [1.82, 2.24) is 10.6 Å². The number of hydrogen-bond donors (Lipinski definition) is 3. The van der Waals surface area contributed by atoms with E-state index in [1.165, 1.54) is 0 Å². The second kappa shape index (κ2) is 5.63. The minimum Gasteiger partial charge on any atom is -0.355 e. The molecule has 0 aromatic heterocycles. The van der Waals surface area contributed by atoms with Crippen molar-refractivity contribution in [3.05, 3.63) is 0 Å². The number of carbonyl (C=O) groups excluding carboxylic acids is 1. The van der Waals surface area contributed by atoms with Gasteiger partial charge in [0.2, 0.25) is 15.9 Å². The fraction of sp³-hybridized carbons (Fsp3) is 0.889. The van der Waals surface area contributed by atoms with E-state index in [0.29, 0.717) is 0 Å². The monoisotopic (exact) mass is 303 g/mol. The van der Waals surface area contributed by atoms with Crippen LogP contribution in [0.5, 0.6) is 0 Å². The highest BCUT2D eigenvalue weighted by atomic mass is 32.2. The molecule has 4 N–H and O–H groups in total. The predicted molar refractivity (Wildman–Crippen MR) is 61.6 cm³/mol. The third-order valence-corrected chi connectivity index (χ3v) is 3.88. The van der Waals surface area contributed by atoms with Gasteiger partial charge in [-0.05, 0) is 19.4 Å². The molecule has 6 nitrogen and oxygen atoms in total. The number of hydrogen-bond acceptors (Lipinski definition) is 4. The van der Waals surface area contributed by atoms with E-state index in [1.54, 1.807) is 0 Å². The zero-order valence-electron chi connectivity index (χ0n) is 10.1. The van der Waals surface area contributed by atoms with Gasteiger partial charge in [0.1, 0.15) is 0 Å². The number of halogens is 3. The lowest BCUT2D eigenvalue weighted by Crippen LogP contribution is -2.52. The van der Waals surface area contributed by atoms with Crippen LogP contribution in [0.2, 0.25) is 0 Å². The summed E-state index contributed by atoms with van der Waals surface area (Å²) in [6.07, 6.45) is -4.98. The van der Waals surface area contributed by atoms with Gasteiger partial charge in [-0.2, -0.15) is 13.2 Å². The van der Waals surface area contributed by atoms with Crippen molar-refractivity contribution in [2.45, 2.75) is 19.0 Å². The second-order valence-corrected chi connectivity index (χ2v) is 6.22. The summed E-state index contributed by atoms with van der Waals surface area (Å²) in [5, 5.41) is 9.38. The SMILES string of the molecule is NS(=O)(=O)CCCNC(=O)C1(C(F)(F)F)CCNC1. The van der Waals surface area contributed by atoms with Crippen molar-refractivity contribution in [3.63, 3.8) is 0 Å². The second-order valence-electron chi connectivity index (χ2n) is 4.48. The number of amides is 1. The summed E-state index contributed by atoms with van der Waals surface area (Å²) in [5.74, 6) is -1.51. The minimum absolute atomic E-state index is 0.0219. The molecule has 0 radical (unpaired) electrons. The Kier molecular flexibility index (Phi) is 4.80. The number of nitrogens with one attached hydrogen (secondary N) is 2. The summed E-state index contributed by atoms with van der Waals surface area (Å²) in [4.78, 5) is 11.7. The lowest BCUT2D eigenvalue weighted by molar-refractivity contribution is -0.216. The summed E-state index contributed by atoms with van der Waals surface area (Å²) in [7, 11) is -3.67. The molecule has 0 spiro atoms. The van der Waals surface area contributed by atoms with Crippen LogP contribution in [0.15, 0.2) is 0 Å². The molecule has 10 heteroatoms. The van der Waals surface area contributed by atoms with E-state index in [2.05, 4.69) is 10.6 Å². The fourth-order valence-corrected chi connectivity index (χ4v) is 2.45. The molecule has 19 heavy (non-hydrogen) atoms. The van der Waals surface area contributed by atoms with Crippen molar-refractivity contribution in [2.24, 2.45) is 10.6 Å². The molecule has 1 unspecified atom stereocenters. The largest absolute Gasteiger partial charge is 0.404 e. The summed E-state index contributed by atoms with van der Waals surface area (Å²) in [6, 6.07) is 0. The van der Waals surface area contributed by atoms with Crippen LogP contribution in [-0.2, 0) is 14.8 Å².